The van der Waals surface area contributed by atoms with Gasteiger partial charge in [0.1, 0.15) is 29.5 Å². The SMILES string of the molecule is CNc1ncnc2c1ccn2[C@@H]1C[C@H](CNC(=O)C2CCCN(C(=O)OC(C)(C)C)C2)[C@H]2OC(C)(C)O[C@H]21. The fourth-order valence-electron chi connectivity index (χ4n) is 6.03. The standard InChI is InChI=1S/C27H40N6O5/c1-26(2,3)38-25(35)32-10-7-8-16(14-32)24(34)29-13-17-12-19(21-20(17)36-27(4,5)37-21)33-11-9-18-22(28-6)30-15-31-23(18)33/h9,11,15-17,19-21H,7-8,10,12-14H2,1-6H3,(H,29,34)(H,28,30,31)/t16?,17-,19-,20-,21+/m1/s1. The van der Waals surface area contributed by atoms with Gasteiger partial charge in [-0.2, -0.15) is 0 Å². The third-order valence-corrected chi connectivity index (χ3v) is 7.64. The number of rotatable bonds is 5. The van der Waals surface area contributed by atoms with Gasteiger partial charge in [0, 0.05) is 38.8 Å². The molecule has 2 amide bonds. The Morgan fingerprint density at radius 3 is 2.71 bits per heavy atom. The molecule has 5 rings (SSSR count). The van der Waals surface area contributed by atoms with Crippen LogP contribution < -0.4 is 10.6 Å². The predicted molar refractivity (Wildman–Crippen MR) is 142 cm³/mol. The molecule has 2 N–H and O–H groups in total. The molecule has 0 aromatic carbocycles. The van der Waals surface area contributed by atoms with Crippen molar-refractivity contribution in [2.75, 3.05) is 32.0 Å². The predicted octanol–water partition coefficient (Wildman–Crippen LogP) is 3.32. The number of nitrogens with one attached hydrogen (secondary N) is 2. The number of nitrogens with zero attached hydrogens (tertiary/aromatic N) is 4. The molecule has 1 unspecified atom stereocenters. The molecule has 1 saturated carbocycles. The summed E-state index contributed by atoms with van der Waals surface area (Å²) in [6.07, 6.45) is 5.23. The lowest BCUT2D eigenvalue weighted by atomic mass is 9.97. The first kappa shape index (κ1) is 26.7. The summed E-state index contributed by atoms with van der Waals surface area (Å²) in [5, 5.41) is 7.24. The van der Waals surface area contributed by atoms with Crippen LogP contribution in [0.4, 0.5) is 10.6 Å². The van der Waals surface area contributed by atoms with Gasteiger partial charge in [0.15, 0.2) is 5.79 Å². The molecule has 5 atom stereocenters. The molecular weight excluding hydrogens is 488 g/mol. The Labute approximate surface area is 223 Å². The molecule has 11 nitrogen and oxygen atoms in total. The van der Waals surface area contributed by atoms with Crippen LogP contribution in [0.25, 0.3) is 11.0 Å². The normalized spacial score (nSPS) is 28.8. The molecule has 3 aliphatic rings. The highest BCUT2D eigenvalue weighted by Gasteiger charge is 2.54. The summed E-state index contributed by atoms with van der Waals surface area (Å²) in [5.41, 5.74) is 0.278. The Morgan fingerprint density at radius 1 is 1.21 bits per heavy atom. The van der Waals surface area contributed by atoms with Crippen molar-refractivity contribution in [1.82, 2.24) is 24.8 Å². The smallest absolute Gasteiger partial charge is 0.410 e. The van der Waals surface area contributed by atoms with Gasteiger partial charge in [0.25, 0.3) is 0 Å². The van der Waals surface area contributed by atoms with Crippen molar-refractivity contribution in [1.29, 1.82) is 0 Å². The number of likely N-dealkylation sites (tertiary alicyclic amines) is 1. The van der Waals surface area contributed by atoms with E-state index in [1.54, 1.807) is 11.2 Å². The van der Waals surface area contributed by atoms with Crippen LogP contribution in [0.3, 0.4) is 0 Å². The summed E-state index contributed by atoms with van der Waals surface area (Å²) < 4.78 is 20.4. The minimum atomic E-state index is -0.707. The zero-order valence-corrected chi connectivity index (χ0v) is 23.2. The van der Waals surface area contributed by atoms with Crippen LogP contribution in [-0.4, -0.2) is 81.7 Å². The first-order valence-corrected chi connectivity index (χ1v) is 13.6. The molecule has 2 saturated heterocycles. The van der Waals surface area contributed by atoms with E-state index in [9.17, 15) is 9.59 Å². The van der Waals surface area contributed by atoms with Crippen LogP contribution in [0.15, 0.2) is 18.6 Å². The highest BCUT2D eigenvalue weighted by molar-refractivity contribution is 5.87. The number of piperidine rings is 1. The molecule has 0 bridgehead atoms. The summed E-state index contributed by atoms with van der Waals surface area (Å²) >= 11 is 0. The quantitative estimate of drug-likeness (QED) is 0.607. The van der Waals surface area contributed by atoms with Crippen LogP contribution in [-0.2, 0) is 19.0 Å². The maximum Gasteiger partial charge on any atom is 0.410 e. The Bertz CT molecular complexity index is 1190. The lowest BCUT2D eigenvalue weighted by molar-refractivity contribution is -0.160. The average molecular weight is 529 g/mol. The van der Waals surface area contributed by atoms with Crippen molar-refractivity contribution >= 4 is 28.9 Å². The van der Waals surface area contributed by atoms with Gasteiger partial charge in [-0.25, -0.2) is 14.8 Å². The van der Waals surface area contributed by atoms with E-state index in [4.69, 9.17) is 14.2 Å². The average Bonchev–Trinajstić information content (AvgIpc) is 3.52. The Kier molecular flexibility index (Phi) is 7.02. The van der Waals surface area contributed by atoms with Crippen molar-refractivity contribution < 1.29 is 23.8 Å². The molecule has 2 aromatic rings. The topological polar surface area (TPSA) is 120 Å². The van der Waals surface area contributed by atoms with Gasteiger partial charge < -0.3 is 34.3 Å². The van der Waals surface area contributed by atoms with Gasteiger partial charge >= 0.3 is 6.09 Å². The molecule has 3 fully saturated rings. The monoisotopic (exact) mass is 528 g/mol. The van der Waals surface area contributed by atoms with Crippen LogP contribution in [0.5, 0.6) is 0 Å². The second-order valence-corrected chi connectivity index (χ2v) is 12.1. The second kappa shape index (κ2) is 10.00. The molecule has 38 heavy (non-hydrogen) atoms. The lowest BCUT2D eigenvalue weighted by Gasteiger charge is -2.33. The zero-order chi connectivity index (χ0) is 27.2. The first-order valence-electron chi connectivity index (χ1n) is 13.6. The van der Waals surface area contributed by atoms with Gasteiger partial charge in [-0.3, -0.25) is 4.79 Å². The zero-order valence-electron chi connectivity index (χ0n) is 23.2. The summed E-state index contributed by atoms with van der Waals surface area (Å²) in [6, 6.07) is 2.03. The van der Waals surface area contributed by atoms with Crippen LogP contribution in [0.2, 0.25) is 0 Å². The molecule has 1 aliphatic carbocycles. The van der Waals surface area contributed by atoms with E-state index >= 15 is 0 Å². The van der Waals surface area contributed by atoms with Crippen molar-refractivity contribution in [3.8, 4) is 0 Å². The Morgan fingerprint density at radius 2 is 1.97 bits per heavy atom. The summed E-state index contributed by atoms with van der Waals surface area (Å²) in [5.74, 6) is -0.143. The van der Waals surface area contributed by atoms with Crippen molar-refractivity contribution in [3.63, 3.8) is 0 Å². The maximum atomic E-state index is 13.2. The number of hydrogen-bond acceptors (Lipinski definition) is 8. The van der Waals surface area contributed by atoms with Crippen molar-refractivity contribution in [3.05, 3.63) is 18.6 Å². The number of anilines is 1. The third kappa shape index (κ3) is 5.31. The number of carbonyl (C=O) groups is 2. The van der Waals surface area contributed by atoms with E-state index in [1.807, 2.05) is 53.9 Å². The van der Waals surface area contributed by atoms with E-state index in [2.05, 4.69) is 25.2 Å². The van der Waals surface area contributed by atoms with E-state index < -0.39 is 11.4 Å². The number of carbonyl (C=O) groups excluding carboxylic acids is 2. The number of ether oxygens (including phenoxy) is 3. The number of hydrogen-bond donors (Lipinski definition) is 2. The molecule has 2 aliphatic heterocycles. The highest BCUT2D eigenvalue weighted by atomic mass is 16.8. The first-order chi connectivity index (χ1) is 18.0. The minimum Gasteiger partial charge on any atom is -0.444 e. The van der Waals surface area contributed by atoms with Crippen LogP contribution in [0.1, 0.15) is 59.9 Å². The van der Waals surface area contributed by atoms with Gasteiger partial charge in [0.05, 0.1) is 23.4 Å². The fourth-order valence-corrected chi connectivity index (χ4v) is 6.03. The second-order valence-electron chi connectivity index (χ2n) is 12.1. The Hall–Kier alpha value is -2.92. The highest BCUT2D eigenvalue weighted by Crippen LogP contribution is 2.47. The van der Waals surface area contributed by atoms with Gasteiger partial charge in [-0.05, 0) is 59.9 Å². The van der Waals surface area contributed by atoms with Crippen molar-refractivity contribution in [2.45, 2.75) is 83.5 Å². The summed E-state index contributed by atoms with van der Waals surface area (Å²) in [4.78, 5) is 36.3. The summed E-state index contributed by atoms with van der Waals surface area (Å²) in [7, 11) is 1.85. The molecule has 2 aromatic heterocycles. The number of fused-ring (bicyclic) bond motifs is 2. The van der Waals surface area contributed by atoms with Crippen LogP contribution in [0, 0.1) is 11.8 Å². The largest absolute Gasteiger partial charge is 0.444 e. The van der Waals surface area contributed by atoms with Gasteiger partial charge in [-0.1, -0.05) is 0 Å². The van der Waals surface area contributed by atoms with E-state index in [1.165, 1.54) is 0 Å². The third-order valence-electron chi connectivity index (χ3n) is 7.64. The molecular formula is C27H40N6O5. The number of aromatic nitrogens is 3. The van der Waals surface area contributed by atoms with E-state index in [0.29, 0.717) is 19.6 Å². The molecule has 4 heterocycles. The van der Waals surface area contributed by atoms with Gasteiger partial charge in [0.2, 0.25) is 5.91 Å². The van der Waals surface area contributed by atoms with E-state index in [0.717, 1.165) is 36.1 Å². The van der Waals surface area contributed by atoms with E-state index in [-0.39, 0.29) is 42.1 Å². The number of amides is 2. The van der Waals surface area contributed by atoms with Crippen LogP contribution >= 0.6 is 0 Å². The minimum absolute atomic E-state index is 0.0122. The van der Waals surface area contributed by atoms with Gasteiger partial charge in [-0.15, -0.1) is 0 Å². The fraction of sp³-hybridized carbons (Fsp3) is 0.704. The lowest BCUT2D eigenvalue weighted by Crippen LogP contribution is -2.48. The molecule has 0 radical (unpaired) electrons. The molecule has 11 heteroatoms. The summed E-state index contributed by atoms with van der Waals surface area (Å²) in [6.45, 7) is 10.9. The van der Waals surface area contributed by atoms with Crippen molar-refractivity contribution in [2.24, 2.45) is 11.8 Å². The molecule has 208 valence electrons. The Balaban J connectivity index is 1.27. The maximum absolute atomic E-state index is 13.2. The molecule has 0 spiro atoms.